The van der Waals surface area contributed by atoms with Crippen LogP contribution in [-0.2, 0) is 9.53 Å². The van der Waals surface area contributed by atoms with Gasteiger partial charge in [-0.15, -0.1) is 0 Å². The fourth-order valence-electron chi connectivity index (χ4n) is 2.56. The van der Waals surface area contributed by atoms with E-state index in [1.165, 1.54) is 25.3 Å². The summed E-state index contributed by atoms with van der Waals surface area (Å²) in [5.74, 6) is -0.792. The monoisotopic (exact) mass is 364 g/mol. The topological polar surface area (TPSA) is 67.4 Å². The van der Waals surface area contributed by atoms with Crippen molar-refractivity contribution in [1.82, 2.24) is 0 Å². The Kier molecular flexibility index (Phi) is 5.47. The van der Waals surface area contributed by atoms with Crippen LogP contribution in [0.2, 0.25) is 0 Å². The number of anilines is 2. The van der Waals surface area contributed by atoms with Crippen molar-refractivity contribution in [1.29, 1.82) is 0 Å². The number of urea groups is 1. The molecule has 3 aromatic rings. The summed E-state index contributed by atoms with van der Waals surface area (Å²) in [5.41, 5.74) is 1.78. The Morgan fingerprint density at radius 2 is 1.70 bits per heavy atom. The Bertz CT molecular complexity index is 1030. The van der Waals surface area contributed by atoms with Crippen molar-refractivity contribution in [2.75, 3.05) is 17.7 Å². The average Bonchev–Trinajstić information content (AvgIpc) is 2.67. The highest BCUT2D eigenvalue weighted by Gasteiger charge is 2.07. The lowest BCUT2D eigenvalue weighted by molar-refractivity contribution is -0.134. The molecule has 3 aromatic carbocycles. The van der Waals surface area contributed by atoms with Crippen LogP contribution in [-0.4, -0.2) is 19.1 Å². The third kappa shape index (κ3) is 4.70. The maximum absolute atomic E-state index is 13.2. The normalized spacial score (nSPS) is 10.7. The molecule has 136 valence electrons. The lowest BCUT2D eigenvalue weighted by Crippen LogP contribution is -2.19. The number of nitrogens with one attached hydrogen (secondary N) is 2. The van der Waals surface area contributed by atoms with E-state index >= 15 is 0 Å². The summed E-state index contributed by atoms with van der Waals surface area (Å²) in [5, 5.41) is 7.05. The summed E-state index contributed by atoms with van der Waals surface area (Å²) in [4.78, 5) is 23.6. The van der Waals surface area contributed by atoms with E-state index in [0.29, 0.717) is 16.9 Å². The van der Waals surface area contributed by atoms with Gasteiger partial charge in [0.1, 0.15) is 5.82 Å². The van der Waals surface area contributed by atoms with E-state index in [9.17, 15) is 14.0 Å². The van der Waals surface area contributed by atoms with Crippen LogP contribution in [0, 0.1) is 5.82 Å². The summed E-state index contributed by atoms with van der Waals surface area (Å²) in [6.07, 6.45) is 2.84. The molecule has 0 saturated carbocycles. The van der Waals surface area contributed by atoms with E-state index < -0.39 is 12.0 Å². The zero-order valence-corrected chi connectivity index (χ0v) is 14.5. The van der Waals surface area contributed by atoms with Gasteiger partial charge in [-0.25, -0.2) is 14.0 Å². The van der Waals surface area contributed by atoms with Crippen molar-refractivity contribution in [2.24, 2.45) is 0 Å². The number of carbonyl (C=O) groups is 2. The van der Waals surface area contributed by atoms with Gasteiger partial charge in [0.25, 0.3) is 0 Å². The molecule has 0 aliphatic rings. The highest BCUT2D eigenvalue weighted by molar-refractivity contribution is 6.02. The average molecular weight is 364 g/mol. The molecule has 0 aliphatic heterocycles. The number of carbonyl (C=O) groups excluding carboxylic acids is 2. The molecule has 3 rings (SSSR count). The second-order valence-electron chi connectivity index (χ2n) is 5.73. The van der Waals surface area contributed by atoms with Crippen molar-refractivity contribution in [3.05, 3.63) is 78.1 Å². The van der Waals surface area contributed by atoms with Crippen LogP contribution in [0.4, 0.5) is 20.6 Å². The van der Waals surface area contributed by atoms with Gasteiger partial charge in [-0.1, -0.05) is 30.3 Å². The number of hydrogen-bond acceptors (Lipinski definition) is 3. The van der Waals surface area contributed by atoms with Crippen molar-refractivity contribution < 1.29 is 18.7 Å². The summed E-state index contributed by atoms with van der Waals surface area (Å²) >= 11 is 0. The third-order valence-corrected chi connectivity index (χ3v) is 3.87. The molecule has 0 atom stereocenters. The van der Waals surface area contributed by atoms with E-state index in [1.54, 1.807) is 54.6 Å². The maximum atomic E-state index is 13.2. The van der Waals surface area contributed by atoms with E-state index in [4.69, 9.17) is 0 Å². The first-order valence-electron chi connectivity index (χ1n) is 8.17. The molecule has 0 aliphatic carbocycles. The quantitative estimate of drug-likeness (QED) is 0.516. The summed E-state index contributed by atoms with van der Waals surface area (Å²) in [6, 6.07) is 16.3. The van der Waals surface area contributed by atoms with E-state index in [-0.39, 0.29) is 5.82 Å². The van der Waals surface area contributed by atoms with Crippen LogP contribution in [0.1, 0.15) is 5.56 Å². The Balaban J connectivity index is 1.74. The molecule has 0 fully saturated rings. The highest BCUT2D eigenvalue weighted by atomic mass is 19.1. The first kappa shape index (κ1) is 18.1. The number of halogens is 1. The van der Waals surface area contributed by atoms with Gasteiger partial charge in [0, 0.05) is 17.5 Å². The molecule has 5 nitrogen and oxygen atoms in total. The molecule has 6 heteroatoms. The molecule has 2 amide bonds. The second-order valence-corrected chi connectivity index (χ2v) is 5.73. The molecule has 27 heavy (non-hydrogen) atoms. The zero-order chi connectivity index (χ0) is 19.2. The predicted octanol–water partition coefficient (Wildman–Crippen LogP) is 4.81. The van der Waals surface area contributed by atoms with E-state index in [0.717, 1.165) is 10.8 Å². The third-order valence-electron chi connectivity index (χ3n) is 3.87. The van der Waals surface area contributed by atoms with Crippen LogP contribution in [0.15, 0.2) is 66.7 Å². The van der Waals surface area contributed by atoms with Gasteiger partial charge in [-0.3, -0.25) is 0 Å². The fourth-order valence-corrected chi connectivity index (χ4v) is 2.56. The Labute approximate surface area is 155 Å². The van der Waals surface area contributed by atoms with E-state index in [2.05, 4.69) is 15.4 Å². The number of methoxy groups -OCH3 is 1. The van der Waals surface area contributed by atoms with Gasteiger partial charge in [-0.2, -0.15) is 0 Å². The zero-order valence-electron chi connectivity index (χ0n) is 14.5. The minimum absolute atomic E-state index is 0.308. The number of hydrogen-bond donors (Lipinski definition) is 2. The smallest absolute Gasteiger partial charge is 0.330 e. The summed E-state index contributed by atoms with van der Waals surface area (Å²) in [7, 11) is 1.29. The van der Waals surface area contributed by atoms with Gasteiger partial charge >= 0.3 is 12.0 Å². The van der Waals surface area contributed by atoms with Gasteiger partial charge in [0.2, 0.25) is 0 Å². The van der Waals surface area contributed by atoms with Crippen molar-refractivity contribution in [2.45, 2.75) is 0 Å². The number of ether oxygens (including phenoxy) is 1. The van der Waals surface area contributed by atoms with Crippen LogP contribution in [0.3, 0.4) is 0 Å². The Morgan fingerprint density at radius 3 is 2.52 bits per heavy atom. The van der Waals surface area contributed by atoms with Crippen molar-refractivity contribution in [3.8, 4) is 0 Å². The van der Waals surface area contributed by atoms with Crippen LogP contribution >= 0.6 is 0 Å². The molecule has 0 saturated heterocycles. The molecule has 0 aromatic heterocycles. The fraction of sp³-hybridized carbons (Fsp3) is 0.0476. The predicted molar refractivity (Wildman–Crippen MR) is 104 cm³/mol. The minimum Gasteiger partial charge on any atom is -0.466 e. The molecular weight excluding hydrogens is 347 g/mol. The number of para-hydroxylation sites is 1. The Hall–Kier alpha value is -3.67. The number of fused-ring (bicyclic) bond motifs is 1. The first-order valence-corrected chi connectivity index (χ1v) is 8.17. The number of amides is 2. The number of benzene rings is 3. The molecule has 0 heterocycles. The Morgan fingerprint density at radius 1 is 0.963 bits per heavy atom. The largest absolute Gasteiger partial charge is 0.466 e. The minimum atomic E-state index is -0.484. The lowest BCUT2D eigenvalue weighted by Gasteiger charge is -2.10. The van der Waals surface area contributed by atoms with E-state index in [1.807, 2.05) is 0 Å². The van der Waals surface area contributed by atoms with Crippen molar-refractivity contribution >= 4 is 40.2 Å². The maximum Gasteiger partial charge on any atom is 0.330 e. The second kappa shape index (κ2) is 8.14. The lowest BCUT2D eigenvalue weighted by atomic mass is 10.1. The van der Waals surface area contributed by atoms with Crippen LogP contribution < -0.4 is 10.6 Å². The SMILES string of the molecule is COC(=O)/C=C/c1ccccc1NC(=O)Nc1ccc2cc(F)ccc2c1. The summed E-state index contributed by atoms with van der Waals surface area (Å²) in [6.45, 7) is 0. The van der Waals surface area contributed by atoms with Crippen molar-refractivity contribution in [3.63, 3.8) is 0 Å². The standard InChI is InChI=1S/C21H17FN2O3/c1-27-20(25)11-8-14-4-2-3-5-19(14)24-21(26)23-18-10-7-15-12-17(22)9-6-16(15)13-18/h2-13H,1H3,(H2,23,24,26)/b11-8+. The molecule has 2 N–H and O–H groups in total. The molecule has 0 unspecified atom stereocenters. The molecule has 0 radical (unpaired) electrons. The van der Waals surface area contributed by atoms with Gasteiger partial charge in [0.15, 0.2) is 0 Å². The van der Waals surface area contributed by atoms with Gasteiger partial charge in [-0.05, 0) is 52.7 Å². The number of esters is 1. The summed E-state index contributed by atoms with van der Waals surface area (Å²) < 4.78 is 17.8. The van der Waals surface area contributed by atoms with Crippen LogP contribution in [0.25, 0.3) is 16.8 Å². The highest BCUT2D eigenvalue weighted by Crippen LogP contribution is 2.21. The molecule has 0 spiro atoms. The molecular formula is C21H17FN2O3. The van der Waals surface area contributed by atoms with Crippen LogP contribution in [0.5, 0.6) is 0 Å². The van der Waals surface area contributed by atoms with Gasteiger partial charge in [0.05, 0.1) is 7.11 Å². The molecule has 0 bridgehead atoms. The number of rotatable bonds is 4. The van der Waals surface area contributed by atoms with Gasteiger partial charge < -0.3 is 15.4 Å². The first-order chi connectivity index (χ1) is 13.0.